The molecule has 0 radical (unpaired) electrons. The Morgan fingerprint density at radius 1 is 1.00 bits per heavy atom. The van der Waals surface area contributed by atoms with Crippen molar-refractivity contribution in [1.29, 1.82) is 0 Å². The van der Waals surface area contributed by atoms with Gasteiger partial charge in [-0.3, -0.25) is 19.4 Å². The van der Waals surface area contributed by atoms with Crippen LogP contribution in [0.4, 0.5) is 0 Å². The molecule has 110 valence electrons. The first-order chi connectivity index (χ1) is 10.5. The molecule has 1 aromatic heterocycles. The van der Waals surface area contributed by atoms with Crippen LogP contribution in [0, 0.1) is 0 Å². The number of carbonyl (C=O) groups excluding carboxylic acids is 3. The Labute approximate surface area is 121 Å². The van der Waals surface area contributed by atoms with Crippen LogP contribution < -0.4 is 11.2 Å². The summed E-state index contributed by atoms with van der Waals surface area (Å²) in [6, 6.07) is 5.94. The summed E-state index contributed by atoms with van der Waals surface area (Å²) in [5.74, 6) is -2.86. The number of hydrogen-bond donors (Lipinski definition) is 2. The van der Waals surface area contributed by atoms with Crippen LogP contribution in [0.5, 0.6) is 0 Å². The lowest BCUT2D eigenvalue weighted by Gasteiger charge is -2.11. The van der Waals surface area contributed by atoms with Crippen LogP contribution in [-0.2, 0) is 4.84 Å². The van der Waals surface area contributed by atoms with E-state index in [1.165, 1.54) is 12.1 Å². The molecule has 2 amide bonds. The number of hydroxylamine groups is 2. The van der Waals surface area contributed by atoms with Gasteiger partial charge in [-0.15, -0.1) is 0 Å². The molecular weight excluding hydrogens is 294 g/mol. The molecule has 0 unspecified atom stereocenters. The van der Waals surface area contributed by atoms with E-state index in [9.17, 15) is 24.0 Å². The van der Waals surface area contributed by atoms with E-state index in [-0.39, 0.29) is 16.2 Å². The molecule has 0 atom stereocenters. The highest BCUT2D eigenvalue weighted by Gasteiger charge is 2.39. The van der Waals surface area contributed by atoms with Gasteiger partial charge in [-0.2, -0.15) is 0 Å². The van der Waals surface area contributed by atoms with Gasteiger partial charge in [0.05, 0.1) is 11.1 Å². The fourth-order valence-electron chi connectivity index (χ4n) is 1.94. The molecule has 2 aromatic rings. The highest BCUT2D eigenvalue weighted by Crippen LogP contribution is 2.22. The van der Waals surface area contributed by atoms with Crippen LogP contribution in [0.3, 0.4) is 0 Å². The molecule has 0 fully saturated rings. The molecule has 1 aliphatic rings. The third kappa shape index (κ3) is 2.00. The molecule has 9 heteroatoms. The zero-order valence-corrected chi connectivity index (χ0v) is 10.8. The second-order valence-corrected chi connectivity index (χ2v) is 4.31. The molecule has 1 aromatic carbocycles. The molecule has 0 aliphatic carbocycles. The van der Waals surface area contributed by atoms with E-state index in [1.807, 2.05) is 4.98 Å². The number of rotatable bonds is 2. The summed E-state index contributed by atoms with van der Waals surface area (Å²) in [5.41, 5.74) is -2.16. The second-order valence-electron chi connectivity index (χ2n) is 4.31. The lowest BCUT2D eigenvalue weighted by atomic mass is 10.1. The minimum Gasteiger partial charge on any atom is -0.324 e. The molecule has 0 spiro atoms. The van der Waals surface area contributed by atoms with Gasteiger partial charge >= 0.3 is 11.7 Å². The van der Waals surface area contributed by atoms with E-state index in [0.29, 0.717) is 0 Å². The zero-order valence-electron chi connectivity index (χ0n) is 10.8. The topological polar surface area (TPSA) is 129 Å². The quantitative estimate of drug-likeness (QED) is 0.715. The number of imide groups is 1. The standard InChI is InChI=1S/C13H7N3O6/c17-9-8(5-14-13(21)15-9)12(20)22-16-10(18)6-3-1-2-4-7(6)11(16)19/h1-5H,(H2,14,15,17,21). The minimum absolute atomic E-state index is 0.0932. The Bertz CT molecular complexity index is 891. The summed E-state index contributed by atoms with van der Waals surface area (Å²) >= 11 is 0. The number of carbonyl (C=O) groups is 3. The van der Waals surface area contributed by atoms with Gasteiger partial charge in [-0.1, -0.05) is 17.2 Å². The fraction of sp³-hybridized carbons (Fsp3) is 0. The monoisotopic (exact) mass is 301 g/mol. The molecule has 0 saturated heterocycles. The molecule has 22 heavy (non-hydrogen) atoms. The third-order valence-corrected chi connectivity index (χ3v) is 2.97. The molecular formula is C13H7N3O6. The van der Waals surface area contributed by atoms with E-state index in [2.05, 4.69) is 9.82 Å². The number of nitrogens with zero attached hydrogens (tertiary/aromatic N) is 1. The van der Waals surface area contributed by atoms with Crippen molar-refractivity contribution in [2.75, 3.05) is 0 Å². The normalized spacial score (nSPS) is 13.2. The first-order valence-corrected chi connectivity index (χ1v) is 6.01. The van der Waals surface area contributed by atoms with E-state index in [0.717, 1.165) is 6.20 Å². The maximum atomic E-state index is 12.0. The van der Waals surface area contributed by atoms with Crippen LogP contribution in [0.2, 0.25) is 0 Å². The van der Waals surface area contributed by atoms with Crippen molar-refractivity contribution < 1.29 is 19.2 Å². The number of hydrogen-bond acceptors (Lipinski definition) is 6. The predicted octanol–water partition coefficient (Wildman–Crippen LogP) is -0.569. The van der Waals surface area contributed by atoms with Crippen LogP contribution in [0.25, 0.3) is 0 Å². The molecule has 9 nitrogen and oxygen atoms in total. The Balaban J connectivity index is 1.90. The van der Waals surface area contributed by atoms with Gasteiger partial charge in [0.15, 0.2) is 0 Å². The maximum absolute atomic E-state index is 12.0. The summed E-state index contributed by atoms with van der Waals surface area (Å²) in [5, 5.41) is 0.275. The Hall–Kier alpha value is -3.49. The Morgan fingerprint density at radius 2 is 1.59 bits per heavy atom. The SMILES string of the molecule is O=C(ON1C(=O)c2ccccc2C1=O)c1c[nH]c(=O)[nH]c1=O. The number of aromatic amines is 2. The minimum atomic E-state index is -1.24. The second kappa shape index (κ2) is 4.81. The maximum Gasteiger partial charge on any atom is 0.371 e. The summed E-state index contributed by atoms with van der Waals surface area (Å²) in [4.78, 5) is 66.8. The van der Waals surface area contributed by atoms with Gasteiger partial charge < -0.3 is 9.82 Å². The zero-order chi connectivity index (χ0) is 15.9. The van der Waals surface area contributed by atoms with Gasteiger partial charge in [-0.25, -0.2) is 9.59 Å². The van der Waals surface area contributed by atoms with Crippen molar-refractivity contribution in [1.82, 2.24) is 15.0 Å². The average Bonchev–Trinajstić information content (AvgIpc) is 2.73. The van der Waals surface area contributed by atoms with Crippen LogP contribution in [0.1, 0.15) is 31.1 Å². The summed E-state index contributed by atoms with van der Waals surface area (Å²) in [7, 11) is 0. The predicted molar refractivity (Wildman–Crippen MR) is 70.0 cm³/mol. The van der Waals surface area contributed by atoms with Crippen molar-refractivity contribution in [3.8, 4) is 0 Å². The third-order valence-electron chi connectivity index (χ3n) is 2.97. The summed E-state index contributed by atoms with van der Waals surface area (Å²) in [6.45, 7) is 0. The molecule has 3 rings (SSSR count). The van der Waals surface area contributed by atoms with Crippen molar-refractivity contribution in [2.45, 2.75) is 0 Å². The molecule has 2 heterocycles. The Kier molecular flexibility index (Phi) is 2.95. The van der Waals surface area contributed by atoms with Gasteiger partial charge in [0.1, 0.15) is 5.56 Å². The lowest BCUT2D eigenvalue weighted by Crippen LogP contribution is -2.35. The largest absolute Gasteiger partial charge is 0.371 e. The van der Waals surface area contributed by atoms with Crippen LogP contribution >= 0.6 is 0 Å². The summed E-state index contributed by atoms with van der Waals surface area (Å²) < 4.78 is 0. The first kappa shape index (κ1) is 13.5. The van der Waals surface area contributed by atoms with Crippen LogP contribution in [0.15, 0.2) is 40.1 Å². The van der Waals surface area contributed by atoms with Crippen molar-refractivity contribution in [2.24, 2.45) is 0 Å². The van der Waals surface area contributed by atoms with E-state index in [1.54, 1.807) is 12.1 Å². The van der Waals surface area contributed by atoms with Gasteiger partial charge in [-0.05, 0) is 12.1 Å². The number of benzene rings is 1. The highest BCUT2D eigenvalue weighted by molar-refractivity contribution is 6.21. The van der Waals surface area contributed by atoms with E-state index in [4.69, 9.17) is 0 Å². The highest BCUT2D eigenvalue weighted by atomic mass is 16.7. The van der Waals surface area contributed by atoms with E-state index >= 15 is 0 Å². The van der Waals surface area contributed by atoms with Crippen molar-refractivity contribution in [3.05, 3.63) is 68.0 Å². The summed E-state index contributed by atoms with van der Waals surface area (Å²) in [6.07, 6.45) is 0.835. The van der Waals surface area contributed by atoms with Crippen LogP contribution in [-0.4, -0.2) is 32.8 Å². The smallest absolute Gasteiger partial charge is 0.324 e. The fourth-order valence-corrected chi connectivity index (χ4v) is 1.94. The average molecular weight is 301 g/mol. The van der Waals surface area contributed by atoms with Gasteiger partial charge in [0.2, 0.25) is 0 Å². The first-order valence-electron chi connectivity index (χ1n) is 6.01. The lowest BCUT2D eigenvalue weighted by molar-refractivity contribution is -0.0586. The van der Waals surface area contributed by atoms with Gasteiger partial charge in [0.25, 0.3) is 17.4 Å². The number of H-pyrrole nitrogens is 2. The molecule has 1 aliphatic heterocycles. The van der Waals surface area contributed by atoms with E-state index < -0.39 is 34.6 Å². The number of fused-ring (bicyclic) bond motifs is 1. The van der Waals surface area contributed by atoms with Gasteiger partial charge in [0, 0.05) is 6.20 Å². The Morgan fingerprint density at radius 3 is 2.14 bits per heavy atom. The molecule has 0 saturated carbocycles. The molecule has 0 bridgehead atoms. The molecule has 2 N–H and O–H groups in total. The number of aromatic nitrogens is 2. The number of amides is 2. The number of nitrogens with one attached hydrogen (secondary N) is 2. The van der Waals surface area contributed by atoms with Crippen molar-refractivity contribution in [3.63, 3.8) is 0 Å². The van der Waals surface area contributed by atoms with Crippen molar-refractivity contribution >= 4 is 17.8 Å².